The molecule has 126 valence electrons. The second-order valence-corrected chi connectivity index (χ2v) is 6.92. The normalized spacial score (nSPS) is 23.1. The molecule has 3 rings (SSSR count). The van der Waals surface area contributed by atoms with Gasteiger partial charge in [-0.2, -0.15) is 0 Å². The van der Waals surface area contributed by atoms with Gasteiger partial charge in [0, 0.05) is 50.1 Å². The molecule has 2 aliphatic rings. The van der Waals surface area contributed by atoms with Gasteiger partial charge >= 0.3 is 0 Å². The third kappa shape index (κ3) is 3.46. The number of piperidine rings is 1. The molecule has 0 radical (unpaired) electrons. The van der Waals surface area contributed by atoms with E-state index in [-0.39, 0.29) is 24.5 Å². The lowest BCUT2D eigenvalue weighted by Gasteiger charge is -2.37. The van der Waals surface area contributed by atoms with Crippen LogP contribution in [0.1, 0.15) is 44.9 Å². The summed E-state index contributed by atoms with van der Waals surface area (Å²) < 4.78 is 12.8. The number of halogens is 1. The van der Waals surface area contributed by atoms with Crippen molar-refractivity contribution >= 4 is 11.7 Å². The van der Waals surface area contributed by atoms with Crippen molar-refractivity contribution in [2.24, 2.45) is 5.92 Å². The summed E-state index contributed by atoms with van der Waals surface area (Å²) in [5.41, 5.74) is 0. The van der Waals surface area contributed by atoms with Gasteiger partial charge in [-0.3, -0.25) is 9.18 Å². The van der Waals surface area contributed by atoms with Crippen molar-refractivity contribution in [3.05, 3.63) is 18.1 Å². The number of carbonyl (C=O) groups is 1. The fourth-order valence-electron chi connectivity index (χ4n) is 3.49. The van der Waals surface area contributed by atoms with Crippen LogP contribution in [-0.2, 0) is 4.79 Å². The van der Waals surface area contributed by atoms with Gasteiger partial charge in [0.15, 0.2) is 0 Å². The van der Waals surface area contributed by atoms with Crippen molar-refractivity contribution in [1.29, 1.82) is 0 Å². The highest BCUT2D eigenvalue weighted by Gasteiger charge is 2.35. The summed E-state index contributed by atoms with van der Waals surface area (Å²) in [6.07, 6.45) is 4.04. The van der Waals surface area contributed by atoms with E-state index in [4.69, 9.17) is 0 Å². The van der Waals surface area contributed by atoms with E-state index in [1.807, 2.05) is 17.2 Å². The van der Waals surface area contributed by atoms with Crippen molar-refractivity contribution in [2.75, 3.05) is 31.2 Å². The zero-order valence-electron chi connectivity index (χ0n) is 13.9. The molecular weight excluding hydrogens is 295 g/mol. The summed E-state index contributed by atoms with van der Waals surface area (Å²) in [6, 6.07) is 2.20. The Balaban J connectivity index is 1.60. The predicted molar refractivity (Wildman–Crippen MR) is 87.2 cm³/mol. The summed E-state index contributed by atoms with van der Waals surface area (Å²) in [6.45, 7) is 6.13. The number of rotatable bonds is 4. The van der Waals surface area contributed by atoms with E-state index in [2.05, 4.69) is 28.7 Å². The largest absolute Gasteiger partial charge is 0.356 e. The molecule has 1 unspecified atom stereocenters. The van der Waals surface area contributed by atoms with Crippen molar-refractivity contribution in [1.82, 2.24) is 14.9 Å². The Morgan fingerprint density at radius 3 is 2.70 bits per heavy atom. The standard InChI is InChI=1S/C17H25FN4O/c1-12(2)17-19-6-3-15(20-17)21-7-4-14(5-8-21)22-11-13(10-18)9-16(22)23/h3,6,12-14H,4-5,7-11H2,1-2H3. The number of likely N-dealkylation sites (tertiary alicyclic amines) is 1. The van der Waals surface area contributed by atoms with E-state index in [9.17, 15) is 9.18 Å². The summed E-state index contributed by atoms with van der Waals surface area (Å²) in [7, 11) is 0. The summed E-state index contributed by atoms with van der Waals surface area (Å²) in [5.74, 6) is 2.17. The molecule has 2 fully saturated rings. The van der Waals surface area contributed by atoms with E-state index >= 15 is 0 Å². The third-order valence-electron chi connectivity index (χ3n) is 4.86. The first-order chi connectivity index (χ1) is 11.1. The van der Waals surface area contributed by atoms with E-state index in [1.54, 1.807) is 0 Å². The van der Waals surface area contributed by atoms with Crippen molar-refractivity contribution in [3.63, 3.8) is 0 Å². The molecular formula is C17H25FN4O. The lowest BCUT2D eigenvalue weighted by molar-refractivity contribution is -0.130. The molecule has 0 spiro atoms. The number of carbonyl (C=O) groups excluding carboxylic acids is 1. The first kappa shape index (κ1) is 16.1. The fraction of sp³-hybridized carbons (Fsp3) is 0.706. The minimum Gasteiger partial charge on any atom is -0.356 e. The van der Waals surface area contributed by atoms with Crippen LogP contribution >= 0.6 is 0 Å². The molecule has 1 atom stereocenters. The average Bonchev–Trinajstić information content (AvgIpc) is 2.96. The van der Waals surface area contributed by atoms with Gasteiger partial charge in [0.1, 0.15) is 11.6 Å². The molecule has 3 heterocycles. The van der Waals surface area contributed by atoms with Crippen LogP contribution < -0.4 is 4.90 Å². The highest BCUT2D eigenvalue weighted by Crippen LogP contribution is 2.27. The Kier molecular flexibility index (Phi) is 4.78. The molecule has 0 aliphatic carbocycles. The van der Waals surface area contributed by atoms with Gasteiger partial charge < -0.3 is 9.80 Å². The highest BCUT2D eigenvalue weighted by atomic mass is 19.1. The smallest absolute Gasteiger partial charge is 0.223 e. The number of anilines is 1. The van der Waals surface area contributed by atoms with Gasteiger partial charge in [0.05, 0.1) is 6.67 Å². The first-order valence-corrected chi connectivity index (χ1v) is 8.51. The Hall–Kier alpha value is -1.72. The summed E-state index contributed by atoms with van der Waals surface area (Å²) in [5, 5.41) is 0. The van der Waals surface area contributed by atoms with Crippen molar-refractivity contribution in [2.45, 2.75) is 45.1 Å². The predicted octanol–water partition coefficient (Wildman–Crippen LogP) is 2.39. The van der Waals surface area contributed by atoms with Gasteiger partial charge in [-0.15, -0.1) is 0 Å². The van der Waals surface area contributed by atoms with Crippen LogP contribution in [0.4, 0.5) is 10.2 Å². The van der Waals surface area contributed by atoms with E-state index < -0.39 is 0 Å². The number of hydrogen-bond acceptors (Lipinski definition) is 4. The van der Waals surface area contributed by atoms with Crippen molar-refractivity contribution in [3.8, 4) is 0 Å². The molecule has 0 N–H and O–H groups in total. The average molecular weight is 320 g/mol. The molecule has 23 heavy (non-hydrogen) atoms. The zero-order valence-corrected chi connectivity index (χ0v) is 13.9. The minimum absolute atomic E-state index is 0.101. The van der Waals surface area contributed by atoms with Gasteiger partial charge in [-0.1, -0.05) is 13.8 Å². The lowest BCUT2D eigenvalue weighted by atomic mass is 10.0. The maximum absolute atomic E-state index is 12.8. The third-order valence-corrected chi connectivity index (χ3v) is 4.86. The maximum atomic E-state index is 12.8. The van der Waals surface area contributed by atoms with Crippen LogP contribution in [0.3, 0.4) is 0 Å². The minimum atomic E-state index is -0.389. The van der Waals surface area contributed by atoms with Crippen LogP contribution in [0, 0.1) is 5.92 Å². The molecule has 2 aliphatic heterocycles. The number of nitrogens with zero attached hydrogens (tertiary/aromatic N) is 4. The fourth-order valence-corrected chi connectivity index (χ4v) is 3.49. The number of amides is 1. The lowest BCUT2D eigenvalue weighted by Crippen LogP contribution is -2.46. The molecule has 0 saturated carbocycles. The van der Waals surface area contributed by atoms with Gasteiger partial charge in [-0.25, -0.2) is 9.97 Å². The van der Waals surface area contributed by atoms with Crippen molar-refractivity contribution < 1.29 is 9.18 Å². The Labute approximate surface area is 136 Å². The van der Waals surface area contributed by atoms with E-state index in [0.717, 1.165) is 37.6 Å². The zero-order chi connectivity index (χ0) is 16.4. The number of aromatic nitrogens is 2. The summed E-state index contributed by atoms with van der Waals surface area (Å²) >= 11 is 0. The molecule has 1 aromatic heterocycles. The van der Waals surface area contributed by atoms with E-state index in [0.29, 0.717) is 18.9 Å². The van der Waals surface area contributed by atoms with Crippen LogP contribution in [0.25, 0.3) is 0 Å². The quantitative estimate of drug-likeness (QED) is 0.855. The second kappa shape index (κ2) is 6.81. The molecule has 1 amide bonds. The van der Waals surface area contributed by atoms with Gasteiger partial charge in [-0.05, 0) is 18.9 Å². The van der Waals surface area contributed by atoms with Gasteiger partial charge in [0.25, 0.3) is 0 Å². The molecule has 2 saturated heterocycles. The van der Waals surface area contributed by atoms with Crippen LogP contribution in [0.5, 0.6) is 0 Å². The Bertz CT molecular complexity index is 557. The second-order valence-electron chi connectivity index (χ2n) is 6.92. The Morgan fingerprint density at radius 2 is 2.09 bits per heavy atom. The summed E-state index contributed by atoms with van der Waals surface area (Å²) in [4.78, 5) is 25.2. The maximum Gasteiger partial charge on any atom is 0.223 e. The molecule has 0 bridgehead atoms. The van der Waals surface area contributed by atoms with Gasteiger partial charge in [0.2, 0.25) is 5.91 Å². The Morgan fingerprint density at radius 1 is 1.35 bits per heavy atom. The number of alkyl halides is 1. The molecule has 1 aromatic rings. The van der Waals surface area contributed by atoms with Crippen LogP contribution in [0.15, 0.2) is 12.3 Å². The first-order valence-electron chi connectivity index (χ1n) is 8.51. The molecule has 5 nitrogen and oxygen atoms in total. The monoisotopic (exact) mass is 320 g/mol. The topological polar surface area (TPSA) is 49.3 Å². The highest BCUT2D eigenvalue weighted by molar-refractivity contribution is 5.79. The van der Waals surface area contributed by atoms with Crippen LogP contribution in [-0.4, -0.2) is 53.1 Å². The van der Waals surface area contributed by atoms with E-state index in [1.165, 1.54) is 0 Å². The van der Waals surface area contributed by atoms with Crippen LogP contribution in [0.2, 0.25) is 0 Å². The molecule has 6 heteroatoms. The number of hydrogen-bond donors (Lipinski definition) is 0. The SMILES string of the molecule is CC(C)c1nccc(N2CCC(N3CC(CF)CC3=O)CC2)n1. The molecule has 0 aromatic carbocycles.